The third kappa shape index (κ3) is 6.09. The lowest BCUT2D eigenvalue weighted by Crippen LogP contribution is -1.93. The van der Waals surface area contributed by atoms with Gasteiger partial charge in [-0.15, -0.1) is 0 Å². The summed E-state index contributed by atoms with van der Waals surface area (Å²) < 4.78 is 0. The standard InChI is InChI=1S/C56H36N2/c1-3-13-37(14-4-1)46-34-54(40-16-5-2-6-17-40)58-55(35-46)41-26-24-39(25-27-41)51-36-56(45-28-23-38-15-7-8-18-42(38)31-45)57-53-30-29-44(33-52(51)53)50-32-43-19-9-10-20-47(43)48-21-11-12-22-49(48)50/h1-36H. The van der Waals surface area contributed by atoms with E-state index in [0.717, 1.165) is 61.4 Å². The topological polar surface area (TPSA) is 25.8 Å². The highest BCUT2D eigenvalue weighted by molar-refractivity contribution is 6.14. The Kier molecular flexibility index (Phi) is 8.19. The van der Waals surface area contributed by atoms with Gasteiger partial charge < -0.3 is 0 Å². The van der Waals surface area contributed by atoms with Crippen LogP contribution in [0.4, 0.5) is 0 Å². The zero-order valence-electron chi connectivity index (χ0n) is 31.7. The van der Waals surface area contributed by atoms with Crippen LogP contribution >= 0.6 is 0 Å². The van der Waals surface area contributed by atoms with Crippen LogP contribution in [0.3, 0.4) is 0 Å². The van der Waals surface area contributed by atoms with Gasteiger partial charge in [0, 0.05) is 22.1 Å². The van der Waals surface area contributed by atoms with Crippen LogP contribution in [-0.2, 0) is 0 Å². The van der Waals surface area contributed by atoms with Crippen molar-refractivity contribution in [3.63, 3.8) is 0 Å². The molecule has 0 bridgehead atoms. The SMILES string of the molecule is c1ccc(-c2cc(-c3ccccc3)nc(-c3ccc(-c4cc(-c5ccc6ccccc6c5)nc5ccc(-c6cc7ccccc7c7ccccc67)cc45)cc3)c2)cc1. The van der Waals surface area contributed by atoms with E-state index in [4.69, 9.17) is 9.97 Å². The summed E-state index contributed by atoms with van der Waals surface area (Å²) in [6.07, 6.45) is 0. The highest BCUT2D eigenvalue weighted by Gasteiger charge is 2.15. The molecule has 0 spiro atoms. The van der Waals surface area contributed by atoms with Crippen molar-refractivity contribution in [2.75, 3.05) is 0 Å². The lowest BCUT2D eigenvalue weighted by Gasteiger charge is -2.15. The fourth-order valence-electron chi connectivity index (χ4n) is 8.47. The largest absolute Gasteiger partial charge is 0.248 e. The van der Waals surface area contributed by atoms with Gasteiger partial charge in [-0.3, -0.25) is 0 Å². The van der Waals surface area contributed by atoms with Gasteiger partial charge in [-0.05, 0) is 108 Å². The average Bonchev–Trinajstić information content (AvgIpc) is 3.31. The molecule has 0 N–H and O–H groups in total. The molecule has 0 aliphatic carbocycles. The van der Waals surface area contributed by atoms with E-state index in [1.807, 2.05) is 6.07 Å². The smallest absolute Gasteiger partial charge is 0.0716 e. The Balaban J connectivity index is 1.08. The molecule has 0 saturated carbocycles. The molecule has 0 radical (unpaired) electrons. The van der Waals surface area contributed by atoms with Crippen LogP contribution in [-0.4, -0.2) is 9.97 Å². The molecule has 9 aromatic carbocycles. The number of nitrogens with zero attached hydrogens (tertiary/aromatic N) is 2. The Hall–Kier alpha value is -7.68. The summed E-state index contributed by atoms with van der Waals surface area (Å²) in [7, 11) is 0. The monoisotopic (exact) mass is 736 g/mol. The van der Waals surface area contributed by atoms with Crippen LogP contribution in [0.1, 0.15) is 0 Å². The van der Waals surface area contributed by atoms with Gasteiger partial charge in [-0.2, -0.15) is 0 Å². The molecule has 0 unspecified atom stereocenters. The number of pyridine rings is 2. The van der Waals surface area contributed by atoms with Gasteiger partial charge in [0.25, 0.3) is 0 Å². The van der Waals surface area contributed by atoms with Crippen LogP contribution in [0, 0.1) is 0 Å². The minimum Gasteiger partial charge on any atom is -0.248 e. The Morgan fingerprint density at radius 3 is 1.52 bits per heavy atom. The van der Waals surface area contributed by atoms with Gasteiger partial charge >= 0.3 is 0 Å². The van der Waals surface area contributed by atoms with Gasteiger partial charge in [-0.1, -0.05) is 176 Å². The Labute approximate surface area is 337 Å². The molecule has 270 valence electrons. The van der Waals surface area contributed by atoms with Crippen LogP contribution in [0.15, 0.2) is 218 Å². The van der Waals surface area contributed by atoms with Crippen LogP contribution in [0.5, 0.6) is 0 Å². The minimum absolute atomic E-state index is 0.939. The Bertz CT molecular complexity index is 3260. The van der Waals surface area contributed by atoms with E-state index in [1.165, 1.54) is 49.0 Å². The molecule has 2 heterocycles. The summed E-state index contributed by atoms with van der Waals surface area (Å²) in [6, 6.07) is 78.2. The average molecular weight is 737 g/mol. The van der Waals surface area contributed by atoms with E-state index >= 15 is 0 Å². The van der Waals surface area contributed by atoms with E-state index < -0.39 is 0 Å². The summed E-state index contributed by atoms with van der Waals surface area (Å²) in [6.45, 7) is 0. The molecule has 58 heavy (non-hydrogen) atoms. The summed E-state index contributed by atoms with van der Waals surface area (Å²) in [5, 5.41) is 8.54. The van der Waals surface area contributed by atoms with Gasteiger partial charge in [0.2, 0.25) is 0 Å². The highest BCUT2D eigenvalue weighted by Crippen LogP contribution is 2.40. The second kappa shape index (κ2) is 14.1. The molecule has 0 atom stereocenters. The number of hydrogen-bond donors (Lipinski definition) is 0. The first-order valence-corrected chi connectivity index (χ1v) is 19.8. The predicted molar refractivity (Wildman–Crippen MR) is 245 cm³/mol. The first-order chi connectivity index (χ1) is 28.7. The van der Waals surface area contributed by atoms with Crippen LogP contribution < -0.4 is 0 Å². The molecule has 11 rings (SSSR count). The normalized spacial score (nSPS) is 11.4. The van der Waals surface area contributed by atoms with Gasteiger partial charge in [0.05, 0.1) is 22.6 Å². The second-order valence-corrected chi connectivity index (χ2v) is 15.0. The van der Waals surface area contributed by atoms with Crippen molar-refractivity contribution in [1.82, 2.24) is 9.97 Å². The van der Waals surface area contributed by atoms with Crippen molar-refractivity contribution in [3.8, 4) is 67.2 Å². The molecule has 11 aromatic rings. The van der Waals surface area contributed by atoms with Crippen molar-refractivity contribution in [3.05, 3.63) is 218 Å². The predicted octanol–water partition coefficient (Wildman–Crippen LogP) is 15.1. The molecular formula is C56H36N2. The van der Waals surface area contributed by atoms with Gasteiger partial charge in [0.15, 0.2) is 0 Å². The number of rotatable bonds is 6. The van der Waals surface area contributed by atoms with Crippen LogP contribution in [0.2, 0.25) is 0 Å². The Morgan fingerprint density at radius 1 is 0.224 bits per heavy atom. The van der Waals surface area contributed by atoms with Crippen LogP contribution in [0.25, 0.3) is 110 Å². The zero-order valence-corrected chi connectivity index (χ0v) is 31.7. The molecular weight excluding hydrogens is 701 g/mol. The number of fused-ring (bicyclic) bond motifs is 5. The van der Waals surface area contributed by atoms with Crippen molar-refractivity contribution in [1.29, 1.82) is 0 Å². The molecule has 0 aliphatic rings. The molecule has 2 heteroatoms. The molecule has 0 aliphatic heterocycles. The zero-order chi connectivity index (χ0) is 38.4. The van der Waals surface area contributed by atoms with Gasteiger partial charge in [-0.25, -0.2) is 9.97 Å². The summed E-state index contributed by atoms with van der Waals surface area (Å²) in [5.41, 5.74) is 14.0. The third-order valence-corrected chi connectivity index (χ3v) is 11.4. The van der Waals surface area contributed by atoms with E-state index in [9.17, 15) is 0 Å². The highest BCUT2D eigenvalue weighted by atomic mass is 14.7. The molecule has 0 saturated heterocycles. The molecule has 0 amide bonds. The van der Waals surface area contributed by atoms with Crippen molar-refractivity contribution >= 4 is 43.2 Å². The lowest BCUT2D eigenvalue weighted by atomic mass is 9.91. The van der Waals surface area contributed by atoms with Crippen molar-refractivity contribution in [2.24, 2.45) is 0 Å². The van der Waals surface area contributed by atoms with E-state index in [1.54, 1.807) is 0 Å². The van der Waals surface area contributed by atoms with E-state index in [-0.39, 0.29) is 0 Å². The number of benzene rings is 9. The van der Waals surface area contributed by atoms with Crippen molar-refractivity contribution < 1.29 is 0 Å². The third-order valence-electron chi connectivity index (χ3n) is 11.4. The summed E-state index contributed by atoms with van der Waals surface area (Å²) in [4.78, 5) is 10.5. The number of hydrogen-bond acceptors (Lipinski definition) is 2. The Morgan fingerprint density at radius 2 is 0.759 bits per heavy atom. The number of aromatic nitrogens is 2. The maximum Gasteiger partial charge on any atom is 0.0716 e. The lowest BCUT2D eigenvalue weighted by molar-refractivity contribution is 1.32. The molecule has 2 nitrogen and oxygen atoms in total. The fraction of sp³-hybridized carbons (Fsp3) is 0. The fourth-order valence-corrected chi connectivity index (χ4v) is 8.47. The second-order valence-electron chi connectivity index (χ2n) is 15.0. The first-order valence-electron chi connectivity index (χ1n) is 19.8. The van der Waals surface area contributed by atoms with Crippen molar-refractivity contribution in [2.45, 2.75) is 0 Å². The first kappa shape index (κ1) is 33.6. The minimum atomic E-state index is 0.939. The molecule has 0 fully saturated rings. The van der Waals surface area contributed by atoms with E-state index in [0.29, 0.717) is 0 Å². The maximum atomic E-state index is 5.32. The summed E-state index contributed by atoms with van der Waals surface area (Å²) in [5.74, 6) is 0. The summed E-state index contributed by atoms with van der Waals surface area (Å²) >= 11 is 0. The maximum absolute atomic E-state index is 5.32. The van der Waals surface area contributed by atoms with Gasteiger partial charge in [0.1, 0.15) is 0 Å². The quantitative estimate of drug-likeness (QED) is 0.159. The van der Waals surface area contributed by atoms with E-state index in [2.05, 4.69) is 212 Å². The molecule has 2 aromatic heterocycles.